The molecule has 102 valence electrons. The normalized spacial score (nSPS) is 11.3. The van der Waals surface area contributed by atoms with E-state index in [-0.39, 0.29) is 4.91 Å². The first-order valence-corrected chi connectivity index (χ1v) is 7.28. The number of aliphatic carboxylic acids is 1. The minimum atomic E-state index is -1.13. The Morgan fingerprint density at radius 3 is 2.40 bits per heavy atom. The molecular formula is C17H15O2S-. The van der Waals surface area contributed by atoms with E-state index in [1.807, 2.05) is 61.5 Å². The number of thioether (sulfide) groups is 1. The molecule has 0 unspecified atom stereocenters. The quantitative estimate of drug-likeness (QED) is 0.623. The molecule has 0 saturated heterocycles. The van der Waals surface area contributed by atoms with Crippen molar-refractivity contribution in [2.45, 2.75) is 18.2 Å². The van der Waals surface area contributed by atoms with Crippen molar-refractivity contribution in [1.29, 1.82) is 0 Å². The molecule has 0 aliphatic heterocycles. The molecule has 3 heteroatoms. The Morgan fingerprint density at radius 2 is 1.75 bits per heavy atom. The summed E-state index contributed by atoms with van der Waals surface area (Å²) in [5, 5.41) is 11.1. The summed E-state index contributed by atoms with van der Waals surface area (Å²) in [5.41, 5.74) is 2.10. The fourth-order valence-electron chi connectivity index (χ4n) is 1.88. The van der Waals surface area contributed by atoms with E-state index in [0.29, 0.717) is 6.42 Å². The Hall–Kier alpha value is -2.00. The van der Waals surface area contributed by atoms with Crippen LogP contribution in [0.15, 0.2) is 70.5 Å². The van der Waals surface area contributed by atoms with Crippen LogP contribution >= 0.6 is 11.8 Å². The average Bonchev–Trinajstić information content (AvgIpc) is 2.48. The van der Waals surface area contributed by atoms with Gasteiger partial charge in [-0.15, -0.1) is 0 Å². The molecule has 2 aromatic rings. The molecule has 0 heterocycles. The lowest BCUT2D eigenvalue weighted by Crippen LogP contribution is -2.23. The number of allylic oxidation sites excluding steroid dienone is 1. The predicted octanol–water partition coefficient (Wildman–Crippen LogP) is 3.49. The summed E-state index contributed by atoms with van der Waals surface area (Å²) in [4.78, 5) is 12.3. The largest absolute Gasteiger partial charge is 0.544 e. The Balaban J connectivity index is 2.38. The second-order valence-electron chi connectivity index (χ2n) is 4.23. The van der Waals surface area contributed by atoms with Gasteiger partial charge in [-0.25, -0.2) is 0 Å². The predicted molar refractivity (Wildman–Crippen MR) is 81.1 cm³/mol. The maximum absolute atomic E-state index is 11.1. The van der Waals surface area contributed by atoms with Crippen molar-refractivity contribution in [3.8, 4) is 11.1 Å². The summed E-state index contributed by atoms with van der Waals surface area (Å²) in [6.45, 7) is 1.91. The van der Waals surface area contributed by atoms with Crippen molar-refractivity contribution in [2.24, 2.45) is 0 Å². The summed E-state index contributed by atoms with van der Waals surface area (Å²) >= 11 is 1.24. The second kappa shape index (κ2) is 6.96. The van der Waals surface area contributed by atoms with Gasteiger partial charge >= 0.3 is 0 Å². The highest BCUT2D eigenvalue weighted by Gasteiger charge is 2.08. The first kappa shape index (κ1) is 14.4. The smallest absolute Gasteiger partial charge is 0.0779 e. The second-order valence-corrected chi connectivity index (χ2v) is 5.31. The van der Waals surface area contributed by atoms with Crippen molar-refractivity contribution in [2.75, 3.05) is 0 Å². The van der Waals surface area contributed by atoms with Crippen LogP contribution in [0.2, 0.25) is 0 Å². The van der Waals surface area contributed by atoms with Gasteiger partial charge in [-0.3, -0.25) is 0 Å². The Kier molecular flexibility index (Phi) is 5.02. The molecule has 0 N–H and O–H groups in total. The minimum absolute atomic E-state index is 0.260. The minimum Gasteiger partial charge on any atom is -0.544 e. The fourth-order valence-corrected chi connectivity index (χ4v) is 2.90. The summed E-state index contributed by atoms with van der Waals surface area (Å²) < 4.78 is 0. The van der Waals surface area contributed by atoms with Crippen LogP contribution in [0.3, 0.4) is 0 Å². The molecule has 0 spiro atoms. The van der Waals surface area contributed by atoms with Gasteiger partial charge in [-0.2, -0.15) is 0 Å². The number of carbonyl (C=O) groups excluding carboxylic acids is 1. The van der Waals surface area contributed by atoms with E-state index in [2.05, 4.69) is 0 Å². The van der Waals surface area contributed by atoms with E-state index >= 15 is 0 Å². The van der Waals surface area contributed by atoms with Crippen LogP contribution in [0.25, 0.3) is 11.1 Å². The zero-order valence-corrected chi connectivity index (χ0v) is 12.0. The third-order valence-electron chi connectivity index (χ3n) is 2.78. The van der Waals surface area contributed by atoms with Crippen molar-refractivity contribution < 1.29 is 9.90 Å². The summed E-state index contributed by atoms with van der Waals surface area (Å²) in [7, 11) is 0. The van der Waals surface area contributed by atoms with Crippen LogP contribution in [0, 0.1) is 0 Å². The Labute approximate surface area is 123 Å². The average molecular weight is 283 g/mol. The van der Waals surface area contributed by atoms with E-state index in [1.165, 1.54) is 11.8 Å². The zero-order valence-electron chi connectivity index (χ0n) is 11.2. The number of hydrogen-bond acceptors (Lipinski definition) is 3. The Bertz CT molecular complexity index is 618. The third kappa shape index (κ3) is 3.52. The highest BCUT2D eigenvalue weighted by molar-refractivity contribution is 8.04. The highest BCUT2D eigenvalue weighted by Crippen LogP contribution is 2.35. The molecule has 0 aromatic heterocycles. The molecule has 2 rings (SSSR count). The number of carbonyl (C=O) groups is 1. The van der Waals surface area contributed by atoms with Crippen LogP contribution in [0.1, 0.15) is 13.3 Å². The van der Waals surface area contributed by atoms with Gasteiger partial charge in [0.2, 0.25) is 0 Å². The number of rotatable bonds is 5. The summed E-state index contributed by atoms with van der Waals surface area (Å²) in [5.74, 6) is -1.13. The molecule has 0 radical (unpaired) electrons. The van der Waals surface area contributed by atoms with Crippen LogP contribution < -0.4 is 5.11 Å². The van der Waals surface area contributed by atoms with Crippen LogP contribution in [0.5, 0.6) is 0 Å². The van der Waals surface area contributed by atoms with Gasteiger partial charge in [0.15, 0.2) is 0 Å². The van der Waals surface area contributed by atoms with Crippen molar-refractivity contribution in [3.05, 3.63) is 65.6 Å². The maximum atomic E-state index is 11.1. The van der Waals surface area contributed by atoms with E-state index in [0.717, 1.165) is 16.0 Å². The molecule has 0 amide bonds. The van der Waals surface area contributed by atoms with Crippen molar-refractivity contribution >= 4 is 17.7 Å². The van der Waals surface area contributed by atoms with E-state index < -0.39 is 5.97 Å². The number of benzene rings is 2. The lowest BCUT2D eigenvalue weighted by Gasteiger charge is -2.12. The lowest BCUT2D eigenvalue weighted by molar-refractivity contribution is -0.298. The molecule has 20 heavy (non-hydrogen) atoms. The molecule has 2 nitrogen and oxygen atoms in total. The molecular weight excluding hydrogens is 268 g/mol. The van der Waals surface area contributed by atoms with Gasteiger partial charge in [-0.05, 0) is 23.6 Å². The van der Waals surface area contributed by atoms with Gasteiger partial charge in [0.25, 0.3) is 0 Å². The van der Waals surface area contributed by atoms with Crippen LogP contribution in [-0.4, -0.2) is 5.97 Å². The van der Waals surface area contributed by atoms with E-state index in [1.54, 1.807) is 6.08 Å². The van der Waals surface area contributed by atoms with Gasteiger partial charge in [0, 0.05) is 9.80 Å². The number of hydrogen-bond donors (Lipinski definition) is 0. The van der Waals surface area contributed by atoms with Gasteiger partial charge < -0.3 is 9.90 Å². The van der Waals surface area contributed by atoms with E-state index in [9.17, 15) is 9.90 Å². The van der Waals surface area contributed by atoms with Crippen molar-refractivity contribution in [3.63, 3.8) is 0 Å². The SMILES string of the molecule is CC/C=C(/Sc1ccccc1-c1ccccc1)C(=O)[O-]. The summed E-state index contributed by atoms with van der Waals surface area (Å²) in [6.07, 6.45) is 2.35. The topological polar surface area (TPSA) is 40.1 Å². The molecule has 0 atom stereocenters. The molecule has 2 aromatic carbocycles. The van der Waals surface area contributed by atoms with Crippen LogP contribution in [0.4, 0.5) is 0 Å². The Morgan fingerprint density at radius 1 is 1.10 bits per heavy atom. The van der Waals surface area contributed by atoms with Gasteiger partial charge in [0.1, 0.15) is 0 Å². The van der Waals surface area contributed by atoms with E-state index in [4.69, 9.17) is 0 Å². The molecule has 0 saturated carbocycles. The molecule has 0 bridgehead atoms. The summed E-state index contributed by atoms with van der Waals surface area (Å²) in [6, 6.07) is 17.7. The van der Waals surface area contributed by atoms with Gasteiger partial charge in [0.05, 0.1) is 5.97 Å². The van der Waals surface area contributed by atoms with Crippen molar-refractivity contribution in [1.82, 2.24) is 0 Å². The maximum Gasteiger partial charge on any atom is 0.0779 e. The lowest BCUT2D eigenvalue weighted by atomic mass is 10.1. The third-order valence-corrected chi connectivity index (χ3v) is 3.91. The molecule has 0 aliphatic carbocycles. The zero-order chi connectivity index (χ0) is 14.4. The monoisotopic (exact) mass is 283 g/mol. The van der Waals surface area contributed by atoms with Gasteiger partial charge in [-0.1, -0.05) is 73.3 Å². The number of carboxylic acids is 1. The fraction of sp³-hybridized carbons (Fsp3) is 0.118. The highest BCUT2D eigenvalue weighted by atomic mass is 32.2. The van der Waals surface area contributed by atoms with Crippen LogP contribution in [-0.2, 0) is 4.79 Å². The molecule has 0 aliphatic rings. The molecule has 0 fully saturated rings. The first-order valence-electron chi connectivity index (χ1n) is 6.46. The number of carboxylic acid groups (broad SMARTS) is 1. The standard InChI is InChI=1S/C17H16O2S/c1-2-8-16(17(18)19)20-15-12-7-6-11-14(15)13-9-4-3-5-10-13/h3-12H,2H2,1H3,(H,18,19)/p-1/b16-8+. The first-order chi connectivity index (χ1) is 9.72.